The number of fused-ring (bicyclic) bond motifs is 2. The van der Waals surface area contributed by atoms with Gasteiger partial charge in [0.1, 0.15) is 5.00 Å². The van der Waals surface area contributed by atoms with Crippen LogP contribution in [-0.2, 0) is 24.0 Å². The Bertz CT molecular complexity index is 1570. The second-order valence-electron chi connectivity index (χ2n) is 11.7. The number of nitrogens with zero attached hydrogens (tertiary/aromatic N) is 1. The zero-order chi connectivity index (χ0) is 29.1. The van der Waals surface area contributed by atoms with Crippen molar-refractivity contribution in [2.45, 2.75) is 73.1 Å². The molecule has 5 rings (SSSR count). The molecule has 1 amide bonds. The Morgan fingerprint density at radius 2 is 1.83 bits per heavy atom. The van der Waals surface area contributed by atoms with E-state index in [2.05, 4.69) is 57.3 Å². The average molecular weight is 569 g/mol. The fourth-order valence-corrected chi connectivity index (χ4v) is 7.17. The largest absolute Gasteiger partial charge is 0.462 e. The summed E-state index contributed by atoms with van der Waals surface area (Å²) in [5.74, 6) is -0.0735. The van der Waals surface area contributed by atoms with Crippen LogP contribution in [0.4, 0.5) is 5.00 Å². The van der Waals surface area contributed by atoms with Gasteiger partial charge in [-0.3, -0.25) is 4.79 Å². The highest BCUT2D eigenvalue weighted by atomic mass is 32.1. The lowest BCUT2D eigenvalue weighted by molar-refractivity contribution is 0.0526. The number of ether oxygens (including phenoxy) is 1. The number of amides is 1. The maximum atomic E-state index is 14.0. The van der Waals surface area contributed by atoms with Gasteiger partial charge in [0, 0.05) is 15.8 Å². The Labute approximate surface area is 247 Å². The van der Waals surface area contributed by atoms with Crippen molar-refractivity contribution < 1.29 is 14.3 Å². The first-order valence-corrected chi connectivity index (χ1v) is 15.7. The van der Waals surface area contributed by atoms with Gasteiger partial charge >= 0.3 is 5.97 Å². The molecule has 214 valence electrons. The van der Waals surface area contributed by atoms with Gasteiger partial charge in [-0.1, -0.05) is 83.0 Å². The average Bonchev–Trinajstić information content (AvgIpc) is 3.34. The van der Waals surface area contributed by atoms with Crippen molar-refractivity contribution in [2.75, 3.05) is 11.9 Å². The van der Waals surface area contributed by atoms with Crippen molar-refractivity contribution in [3.05, 3.63) is 81.7 Å². The third kappa shape index (κ3) is 5.94. The molecule has 2 aromatic heterocycles. The number of thiophene rings is 1. The number of esters is 1. The third-order valence-corrected chi connectivity index (χ3v) is 9.91. The van der Waals surface area contributed by atoms with Gasteiger partial charge in [-0.05, 0) is 67.2 Å². The zero-order valence-corrected chi connectivity index (χ0v) is 25.6. The third-order valence-electron chi connectivity index (χ3n) is 8.74. The molecule has 41 heavy (non-hydrogen) atoms. The van der Waals surface area contributed by atoms with Crippen LogP contribution in [0.3, 0.4) is 0 Å². The van der Waals surface area contributed by atoms with Crippen LogP contribution in [0.1, 0.15) is 90.6 Å². The van der Waals surface area contributed by atoms with Crippen molar-refractivity contribution in [1.82, 2.24) is 4.98 Å². The van der Waals surface area contributed by atoms with Gasteiger partial charge in [0.15, 0.2) is 0 Å². The van der Waals surface area contributed by atoms with Crippen LogP contribution in [0.25, 0.3) is 22.2 Å². The van der Waals surface area contributed by atoms with E-state index in [1.165, 1.54) is 21.8 Å². The number of aryl methyl sites for hydroxylation is 1. The van der Waals surface area contributed by atoms with Crippen LogP contribution in [0.2, 0.25) is 0 Å². The number of benzene rings is 2. The molecule has 0 saturated heterocycles. The van der Waals surface area contributed by atoms with Gasteiger partial charge in [-0.2, -0.15) is 0 Å². The second kappa shape index (κ2) is 12.2. The zero-order valence-electron chi connectivity index (χ0n) is 24.8. The van der Waals surface area contributed by atoms with Gasteiger partial charge in [0.05, 0.1) is 28.9 Å². The predicted molar refractivity (Wildman–Crippen MR) is 169 cm³/mol. The standard InChI is InChI=1S/C35H40N2O3S/c1-6-11-22-14-16-23(17-15-22)29-21-27(25-12-9-10-13-28(25)36-29)32(38)37-33-31(34(39)40-8-3)26-19-18-24(20-30(26)41-33)35(4,5)7-2/h9-10,12-17,21,24H,6-8,11,18-20H2,1-5H3,(H,37,38). The lowest BCUT2D eigenvalue weighted by Gasteiger charge is -2.36. The fraction of sp³-hybridized carbons (Fsp3) is 0.400. The van der Waals surface area contributed by atoms with E-state index in [9.17, 15) is 9.59 Å². The number of hydrogen-bond acceptors (Lipinski definition) is 5. The Morgan fingerprint density at radius 3 is 2.54 bits per heavy atom. The summed E-state index contributed by atoms with van der Waals surface area (Å²) in [5.41, 5.74) is 6.08. The summed E-state index contributed by atoms with van der Waals surface area (Å²) >= 11 is 1.53. The van der Waals surface area contributed by atoms with Crippen LogP contribution in [0.5, 0.6) is 0 Å². The minimum Gasteiger partial charge on any atom is -0.462 e. The summed E-state index contributed by atoms with van der Waals surface area (Å²) < 4.78 is 5.48. The number of para-hydroxylation sites is 1. The van der Waals surface area contributed by atoms with Crippen LogP contribution < -0.4 is 5.32 Å². The Kier molecular flexibility index (Phi) is 8.60. The van der Waals surface area contributed by atoms with Crippen LogP contribution in [0, 0.1) is 11.3 Å². The van der Waals surface area contributed by atoms with Gasteiger partial charge < -0.3 is 10.1 Å². The number of aromatic nitrogens is 1. The van der Waals surface area contributed by atoms with Crippen molar-refractivity contribution in [2.24, 2.45) is 11.3 Å². The van der Waals surface area contributed by atoms with Gasteiger partial charge in [0.2, 0.25) is 0 Å². The highest BCUT2D eigenvalue weighted by molar-refractivity contribution is 7.17. The molecule has 1 N–H and O–H groups in total. The van der Waals surface area contributed by atoms with E-state index in [4.69, 9.17) is 9.72 Å². The molecule has 1 aliphatic rings. The van der Waals surface area contributed by atoms with Gasteiger partial charge in [0.25, 0.3) is 5.91 Å². The molecule has 4 aromatic rings. The first kappa shape index (κ1) is 29.0. The number of carbonyl (C=O) groups is 2. The summed E-state index contributed by atoms with van der Waals surface area (Å²) in [6.07, 6.45) is 5.99. The molecule has 1 atom stereocenters. The minimum absolute atomic E-state index is 0.219. The summed E-state index contributed by atoms with van der Waals surface area (Å²) in [4.78, 5) is 33.3. The summed E-state index contributed by atoms with van der Waals surface area (Å²) in [7, 11) is 0. The van der Waals surface area contributed by atoms with Crippen LogP contribution in [-0.4, -0.2) is 23.5 Å². The topological polar surface area (TPSA) is 68.3 Å². The van der Waals surface area contributed by atoms with E-state index in [1.807, 2.05) is 37.3 Å². The molecule has 2 heterocycles. The molecular formula is C35H40N2O3S. The Balaban J connectivity index is 1.53. The maximum absolute atomic E-state index is 14.0. The second-order valence-corrected chi connectivity index (χ2v) is 12.8. The Morgan fingerprint density at radius 1 is 1.07 bits per heavy atom. The molecule has 0 spiro atoms. The lowest BCUT2D eigenvalue weighted by atomic mass is 9.69. The van der Waals surface area contributed by atoms with Crippen molar-refractivity contribution >= 4 is 39.1 Å². The highest BCUT2D eigenvalue weighted by Crippen LogP contribution is 2.46. The molecule has 0 saturated carbocycles. The van der Waals surface area contributed by atoms with E-state index < -0.39 is 0 Å². The molecule has 6 heteroatoms. The van der Waals surface area contributed by atoms with E-state index in [0.29, 0.717) is 22.0 Å². The number of anilines is 1. The number of hydrogen-bond donors (Lipinski definition) is 1. The summed E-state index contributed by atoms with van der Waals surface area (Å²) in [6.45, 7) is 11.2. The molecular weight excluding hydrogens is 528 g/mol. The smallest absolute Gasteiger partial charge is 0.341 e. The van der Waals surface area contributed by atoms with Crippen LogP contribution >= 0.6 is 11.3 Å². The first-order valence-electron chi connectivity index (χ1n) is 14.9. The molecule has 0 radical (unpaired) electrons. The Hall–Kier alpha value is -3.51. The van der Waals surface area contributed by atoms with E-state index in [1.54, 1.807) is 0 Å². The van der Waals surface area contributed by atoms with E-state index in [0.717, 1.165) is 66.2 Å². The molecule has 0 fully saturated rings. The number of nitrogens with one attached hydrogen (secondary N) is 1. The SMILES string of the molecule is CCCc1ccc(-c2cc(C(=O)Nc3sc4c(c3C(=O)OCC)CCC(C(C)(C)CC)C4)c3ccccc3n2)cc1. The molecule has 0 bridgehead atoms. The predicted octanol–water partition coefficient (Wildman–Crippen LogP) is 8.89. The van der Waals surface area contributed by atoms with E-state index >= 15 is 0 Å². The number of pyridine rings is 1. The van der Waals surface area contributed by atoms with Crippen LogP contribution in [0.15, 0.2) is 54.6 Å². The quantitative estimate of drug-likeness (QED) is 0.205. The van der Waals surface area contributed by atoms with Gasteiger partial charge in [-0.25, -0.2) is 9.78 Å². The number of carbonyl (C=O) groups excluding carboxylic acids is 2. The van der Waals surface area contributed by atoms with Crippen molar-refractivity contribution in [3.63, 3.8) is 0 Å². The monoisotopic (exact) mass is 568 g/mol. The summed E-state index contributed by atoms with van der Waals surface area (Å²) in [5, 5.41) is 4.50. The highest BCUT2D eigenvalue weighted by Gasteiger charge is 2.36. The molecule has 1 aliphatic carbocycles. The molecule has 5 nitrogen and oxygen atoms in total. The minimum atomic E-state index is -0.360. The first-order chi connectivity index (χ1) is 19.7. The van der Waals surface area contributed by atoms with E-state index in [-0.39, 0.29) is 23.9 Å². The van der Waals surface area contributed by atoms with Gasteiger partial charge in [-0.15, -0.1) is 11.3 Å². The molecule has 0 aliphatic heterocycles. The normalized spacial score (nSPS) is 15.0. The van der Waals surface area contributed by atoms with Crippen molar-refractivity contribution in [3.8, 4) is 11.3 Å². The maximum Gasteiger partial charge on any atom is 0.341 e. The van der Waals surface area contributed by atoms with Crippen molar-refractivity contribution in [1.29, 1.82) is 0 Å². The lowest BCUT2D eigenvalue weighted by Crippen LogP contribution is -2.28. The summed E-state index contributed by atoms with van der Waals surface area (Å²) in [6, 6.07) is 18.0. The number of rotatable bonds is 9. The molecule has 1 unspecified atom stereocenters. The molecule has 2 aromatic carbocycles. The fourth-order valence-electron chi connectivity index (χ4n) is 5.86.